The number of aryl methyl sites for hydroxylation is 2. The van der Waals surface area contributed by atoms with Crippen LogP contribution in [0, 0.1) is 5.92 Å². The minimum Gasteiger partial charge on any atom is -0.300 e. The molecule has 0 fully saturated rings. The SMILES string of the molecule is CC(=O)CC(CCCc1cn(C)nn1)C1c2ccccc2-c2ccccc21. The number of rotatable bonds is 7. The number of fused-ring (bicyclic) bond motifs is 3. The van der Waals surface area contributed by atoms with Gasteiger partial charge in [-0.25, -0.2) is 0 Å². The molecule has 4 rings (SSSR count). The molecule has 0 bridgehead atoms. The summed E-state index contributed by atoms with van der Waals surface area (Å²) in [6, 6.07) is 17.3. The van der Waals surface area contributed by atoms with Crippen LogP contribution >= 0.6 is 0 Å². The van der Waals surface area contributed by atoms with Crippen LogP contribution in [-0.4, -0.2) is 20.8 Å². The summed E-state index contributed by atoms with van der Waals surface area (Å²) in [5.74, 6) is 0.869. The average molecular weight is 359 g/mol. The van der Waals surface area contributed by atoms with Crippen molar-refractivity contribution in [3.05, 3.63) is 71.5 Å². The molecule has 0 radical (unpaired) electrons. The minimum atomic E-state index is 0.265. The van der Waals surface area contributed by atoms with Crippen molar-refractivity contribution in [1.29, 1.82) is 0 Å². The third-order valence-corrected chi connectivity index (χ3v) is 5.56. The Labute approximate surface area is 160 Å². The molecular weight excluding hydrogens is 334 g/mol. The number of hydrogen-bond donors (Lipinski definition) is 0. The first-order valence-electron chi connectivity index (χ1n) is 9.66. The lowest BCUT2D eigenvalue weighted by Gasteiger charge is -2.25. The molecule has 1 unspecified atom stereocenters. The zero-order chi connectivity index (χ0) is 18.8. The summed E-state index contributed by atoms with van der Waals surface area (Å²) in [7, 11) is 1.89. The van der Waals surface area contributed by atoms with Crippen molar-refractivity contribution in [2.24, 2.45) is 13.0 Å². The largest absolute Gasteiger partial charge is 0.300 e. The van der Waals surface area contributed by atoms with E-state index in [1.54, 1.807) is 11.6 Å². The van der Waals surface area contributed by atoms with Crippen molar-refractivity contribution in [2.75, 3.05) is 0 Å². The summed E-state index contributed by atoms with van der Waals surface area (Å²) in [5, 5.41) is 8.20. The van der Waals surface area contributed by atoms with Crippen LogP contribution in [0.1, 0.15) is 48.9 Å². The first-order chi connectivity index (χ1) is 13.1. The molecule has 4 nitrogen and oxygen atoms in total. The first kappa shape index (κ1) is 17.7. The molecule has 138 valence electrons. The van der Waals surface area contributed by atoms with E-state index in [0.29, 0.717) is 18.3 Å². The molecule has 0 N–H and O–H groups in total. The number of aromatic nitrogens is 3. The fraction of sp³-hybridized carbons (Fsp3) is 0.348. The molecule has 1 atom stereocenters. The highest BCUT2D eigenvalue weighted by molar-refractivity contribution is 5.80. The van der Waals surface area contributed by atoms with Gasteiger partial charge in [-0.15, -0.1) is 5.10 Å². The van der Waals surface area contributed by atoms with Gasteiger partial charge in [-0.1, -0.05) is 53.7 Å². The number of nitrogens with zero attached hydrogens (tertiary/aromatic N) is 3. The summed E-state index contributed by atoms with van der Waals surface area (Å²) in [6.45, 7) is 1.71. The number of ketones is 1. The van der Waals surface area contributed by atoms with Crippen LogP contribution in [0.25, 0.3) is 11.1 Å². The molecule has 3 aromatic rings. The van der Waals surface area contributed by atoms with Gasteiger partial charge in [0.15, 0.2) is 0 Å². The second kappa shape index (κ2) is 7.47. The predicted octanol–water partition coefficient (Wildman–Crippen LogP) is 4.55. The third-order valence-electron chi connectivity index (χ3n) is 5.56. The Bertz CT molecular complexity index is 914. The summed E-state index contributed by atoms with van der Waals surface area (Å²) >= 11 is 0. The number of Topliss-reactive ketones (excluding diaryl/α,β-unsaturated/α-hetero) is 1. The van der Waals surface area contributed by atoms with E-state index in [4.69, 9.17) is 0 Å². The standard InChI is InChI=1S/C23H25N3O/c1-16(27)14-17(8-7-9-18-15-26(2)25-24-18)23-21-12-5-3-10-19(21)20-11-4-6-13-22(20)23/h3-6,10-13,15,17,23H,7-9,14H2,1-2H3. The maximum Gasteiger partial charge on any atom is 0.130 e. The molecule has 2 aromatic carbocycles. The van der Waals surface area contributed by atoms with E-state index in [0.717, 1.165) is 25.0 Å². The van der Waals surface area contributed by atoms with E-state index >= 15 is 0 Å². The van der Waals surface area contributed by atoms with Crippen LogP contribution < -0.4 is 0 Å². The van der Waals surface area contributed by atoms with Gasteiger partial charge in [0, 0.05) is 25.6 Å². The smallest absolute Gasteiger partial charge is 0.130 e. The van der Waals surface area contributed by atoms with Crippen LogP contribution in [0.15, 0.2) is 54.7 Å². The molecule has 1 aliphatic rings. The molecular formula is C23H25N3O. The van der Waals surface area contributed by atoms with E-state index in [2.05, 4.69) is 58.8 Å². The van der Waals surface area contributed by atoms with Crippen LogP contribution in [0.5, 0.6) is 0 Å². The highest BCUT2D eigenvalue weighted by atomic mass is 16.1. The van der Waals surface area contributed by atoms with E-state index in [1.807, 2.05) is 13.2 Å². The molecule has 4 heteroatoms. The lowest BCUT2D eigenvalue weighted by atomic mass is 9.78. The number of carbonyl (C=O) groups excluding carboxylic acids is 1. The van der Waals surface area contributed by atoms with Gasteiger partial charge in [0.1, 0.15) is 5.78 Å². The molecule has 1 aliphatic carbocycles. The minimum absolute atomic E-state index is 0.265. The summed E-state index contributed by atoms with van der Waals surface area (Å²) in [5.41, 5.74) is 6.39. The molecule has 1 aromatic heterocycles. The van der Waals surface area contributed by atoms with Gasteiger partial charge in [-0.3, -0.25) is 4.68 Å². The van der Waals surface area contributed by atoms with Crippen LogP contribution in [-0.2, 0) is 18.3 Å². The Balaban J connectivity index is 1.60. The zero-order valence-corrected chi connectivity index (χ0v) is 15.9. The average Bonchev–Trinajstić information content (AvgIpc) is 3.22. The Morgan fingerprint density at radius 3 is 2.26 bits per heavy atom. The van der Waals surface area contributed by atoms with Crippen molar-refractivity contribution in [1.82, 2.24) is 15.0 Å². The maximum absolute atomic E-state index is 12.0. The van der Waals surface area contributed by atoms with Crippen LogP contribution in [0.4, 0.5) is 0 Å². The van der Waals surface area contributed by atoms with Crippen molar-refractivity contribution >= 4 is 5.78 Å². The zero-order valence-electron chi connectivity index (χ0n) is 15.9. The van der Waals surface area contributed by atoms with Gasteiger partial charge in [0.05, 0.1) is 5.69 Å². The number of hydrogen-bond acceptors (Lipinski definition) is 3. The van der Waals surface area contributed by atoms with Gasteiger partial charge < -0.3 is 4.79 Å². The predicted molar refractivity (Wildman–Crippen MR) is 106 cm³/mol. The fourth-order valence-corrected chi connectivity index (χ4v) is 4.51. The Hall–Kier alpha value is -2.75. The Kier molecular flexibility index (Phi) is 4.88. The van der Waals surface area contributed by atoms with Gasteiger partial charge in [0.25, 0.3) is 0 Å². The Morgan fingerprint density at radius 2 is 1.70 bits per heavy atom. The highest BCUT2D eigenvalue weighted by Gasteiger charge is 2.34. The molecule has 0 aliphatic heterocycles. The quantitative estimate of drug-likeness (QED) is 0.622. The van der Waals surface area contributed by atoms with Crippen LogP contribution in [0.3, 0.4) is 0 Å². The van der Waals surface area contributed by atoms with Gasteiger partial charge in [-0.2, -0.15) is 0 Å². The summed E-state index contributed by atoms with van der Waals surface area (Å²) in [4.78, 5) is 12.0. The van der Waals surface area contributed by atoms with Crippen molar-refractivity contribution in [3.8, 4) is 11.1 Å². The number of carbonyl (C=O) groups is 1. The molecule has 0 amide bonds. The summed E-state index contributed by atoms with van der Waals surface area (Å²) in [6.07, 6.45) is 5.51. The van der Waals surface area contributed by atoms with E-state index in [-0.39, 0.29) is 5.78 Å². The lowest BCUT2D eigenvalue weighted by Crippen LogP contribution is -2.16. The topological polar surface area (TPSA) is 47.8 Å². The maximum atomic E-state index is 12.0. The second-order valence-electron chi connectivity index (χ2n) is 7.59. The molecule has 27 heavy (non-hydrogen) atoms. The third kappa shape index (κ3) is 3.57. The van der Waals surface area contributed by atoms with Crippen molar-refractivity contribution < 1.29 is 4.79 Å². The van der Waals surface area contributed by atoms with Crippen LogP contribution in [0.2, 0.25) is 0 Å². The number of benzene rings is 2. The monoisotopic (exact) mass is 359 g/mol. The summed E-state index contributed by atoms with van der Waals surface area (Å²) < 4.78 is 1.74. The second-order valence-corrected chi connectivity index (χ2v) is 7.59. The fourth-order valence-electron chi connectivity index (χ4n) is 4.51. The normalized spacial score (nSPS) is 14.0. The van der Waals surface area contributed by atoms with Crippen molar-refractivity contribution in [3.63, 3.8) is 0 Å². The van der Waals surface area contributed by atoms with E-state index in [1.165, 1.54) is 22.3 Å². The van der Waals surface area contributed by atoms with Gasteiger partial charge >= 0.3 is 0 Å². The first-order valence-corrected chi connectivity index (χ1v) is 9.66. The molecule has 0 spiro atoms. The molecule has 0 saturated carbocycles. The molecule has 0 saturated heterocycles. The van der Waals surface area contributed by atoms with Crippen molar-refractivity contribution in [2.45, 2.75) is 38.5 Å². The highest BCUT2D eigenvalue weighted by Crippen LogP contribution is 2.49. The van der Waals surface area contributed by atoms with Gasteiger partial charge in [-0.05, 0) is 54.4 Å². The van der Waals surface area contributed by atoms with Gasteiger partial charge in [0.2, 0.25) is 0 Å². The molecule has 1 heterocycles. The van der Waals surface area contributed by atoms with E-state index < -0.39 is 0 Å². The lowest BCUT2D eigenvalue weighted by molar-refractivity contribution is -0.118. The van der Waals surface area contributed by atoms with E-state index in [9.17, 15) is 4.79 Å². The Morgan fingerprint density at radius 1 is 1.07 bits per heavy atom.